The van der Waals surface area contributed by atoms with Crippen molar-refractivity contribution in [3.05, 3.63) is 70.8 Å². The Labute approximate surface area is 165 Å². The Bertz CT molecular complexity index is 953. The van der Waals surface area contributed by atoms with Gasteiger partial charge in [0.05, 0.1) is 0 Å². The number of nitrogens with zero attached hydrogens (tertiary/aromatic N) is 2. The molecule has 0 atom stereocenters. The van der Waals surface area contributed by atoms with Crippen molar-refractivity contribution >= 4 is 17.3 Å². The fraction of sp³-hybridized carbons (Fsp3) is 0.227. The van der Waals surface area contributed by atoms with E-state index in [-0.39, 0.29) is 18.2 Å². The number of likely N-dealkylation sites (N-methyl/N-ethyl adjacent to an activating group) is 1. The van der Waals surface area contributed by atoms with Crippen LogP contribution in [0.15, 0.2) is 58.8 Å². The zero-order chi connectivity index (χ0) is 20.4. The molecule has 0 aliphatic rings. The van der Waals surface area contributed by atoms with Crippen LogP contribution in [-0.2, 0) is 21.1 Å². The first-order valence-electron chi connectivity index (χ1n) is 8.72. The first-order chi connectivity index (χ1) is 13.6. The second-order valence-electron chi connectivity index (χ2n) is 5.87. The average Bonchev–Trinajstić information content (AvgIpc) is 2.71. The van der Waals surface area contributed by atoms with Crippen molar-refractivity contribution in [3.8, 4) is 11.8 Å². The monoisotopic (exact) mass is 377 g/mol. The van der Waals surface area contributed by atoms with Gasteiger partial charge in [0.15, 0.2) is 5.71 Å². The molecule has 0 aliphatic heterocycles. The Balaban J connectivity index is 2.13. The summed E-state index contributed by atoms with van der Waals surface area (Å²) in [6.45, 7) is 3.95. The molecule has 1 N–H and O–H groups in total. The van der Waals surface area contributed by atoms with Crippen LogP contribution in [0.4, 0.5) is 0 Å². The Kier molecular flexibility index (Phi) is 7.79. The molecule has 0 heterocycles. The predicted octanol–water partition coefficient (Wildman–Crippen LogP) is 3.04. The van der Waals surface area contributed by atoms with E-state index < -0.39 is 0 Å². The summed E-state index contributed by atoms with van der Waals surface area (Å²) in [5.74, 6) is 5.71. The number of oxime groups is 2. The molecule has 28 heavy (non-hydrogen) atoms. The van der Waals surface area contributed by atoms with Crippen LogP contribution in [0.25, 0.3) is 0 Å². The molecule has 0 saturated heterocycles. The van der Waals surface area contributed by atoms with Crippen molar-refractivity contribution in [1.82, 2.24) is 5.32 Å². The van der Waals surface area contributed by atoms with Crippen LogP contribution < -0.4 is 5.32 Å². The van der Waals surface area contributed by atoms with Gasteiger partial charge in [0.25, 0.3) is 5.91 Å². The highest BCUT2D eigenvalue weighted by atomic mass is 16.6. The number of nitrogens with one attached hydrogen (secondary N) is 1. The molecular weight excluding hydrogens is 354 g/mol. The molecule has 2 rings (SSSR count). The zero-order valence-corrected chi connectivity index (χ0v) is 16.4. The van der Waals surface area contributed by atoms with E-state index in [9.17, 15) is 4.79 Å². The van der Waals surface area contributed by atoms with Crippen LogP contribution in [0.3, 0.4) is 0 Å². The van der Waals surface area contributed by atoms with Gasteiger partial charge in [-0.2, -0.15) is 0 Å². The van der Waals surface area contributed by atoms with E-state index in [1.54, 1.807) is 13.0 Å². The fourth-order valence-electron chi connectivity index (χ4n) is 2.39. The Hall–Kier alpha value is -3.59. The molecule has 6 nitrogen and oxygen atoms in total. The number of hydrogen-bond acceptors (Lipinski definition) is 5. The molecule has 0 radical (unpaired) electrons. The summed E-state index contributed by atoms with van der Waals surface area (Å²) in [6.07, 6.45) is 0. The molecule has 0 aliphatic carbocycles. The number of benzene rings is 2. The molecule has 0 aromatic heterocycles. The maximum Gasteiger partial charge on any atom is 0.273 e. The standard InChI is InChI=1S/C22H23N3O3/c1-16-9-5-6-10-18(16)14-13-17(2)24-28-15-19-11-7-8-12-20(19)21(25-27-4)22(26)23-3/h5-12H,15H2,1-4H3,(H,23,26)/b24-17+,25-21+. The Morgan fingerprint density at radius 3 is 2.54 bits per heavy atom. The Morgan fingerprint density at radius 2 is 1.82 bits per heavy atom. The first kappa shape index (κ1) is 20.7. The SMILES string of the molecule is CNC(=O)/C(=N/OC)c1ccccc1CO/N=C(\C)C#Cc1ccccc1C. The summed E-state index contributed by atoms with van der Waals surface area (Å²) >= 11 is 0. The highest BCUT2D eigenvalue weighted by Gasteiger charge is 2.17. The third kappa shape index (κ3) is 5.71. The molecule has 0 fully saturated rings. The van der Waals surface area contributed by atoms with E-state index in [1.807, 2.05) is 49.4 Å². The largest absolute Gasteiger partial charge is 0.398 e. The Morgan fingerprint density at radius 1 is 1.11 bits per heavy atom. The molecule has 6 heteroatoms. The summed E-state index contributed by atoms with van der Waals surface area (Å²) in [7, 11) is 2.93. The lowest BCUT2D eigenvalue weighted by Gasteiger charge is -2.09. The smallest absolute Gasteiger partial charge is 0.273 e. The summed E-state index contributed by atoms with van der Waals surface area (Å²) in [5.41, 5.74) is 4.15. The molecule has 144 valence electrons. The number of amides is 1. The number of rotatable bonds is 6. The summed E-state index contributed by atoms with van der Waals surface area (Å²) in [4.78, 5) is 22.3. The van der Waals surface area contributed by atoms with Crippen molar-refractivity contribution in [1.29, 1.82) is 0 Å². The van der Waals surface area contributed by atoms with Crippen LogP contribution in [0.2, 0.25) is 0 Å². The highest BCUT2D eigenvalue weighted by Crippen LogP contribution is 2.13. The van der Waals surface area contributed by atoms with Gasteiger partial charge in [-0.3, -0.25) is 4.79 Å². The molecule has 0 unspecified atom stereocenters. The second-order valence-corrected chi connectivity index (χ2v) is 5.87. The second kappa shape index (κ2) is 10.5. The van der Waals surface area contributed by atoms with Crippen LogP contribution in [0.1, 0.15) is 29.2 Å². The van der Waals surface area contributed by atoms with Crippen LogP contribution in [0.5, 0.6) is 0 Å². The molecule has 0 bridgehead atoms. The van der Waals surface area contributed by atoms with Gasteiger partial charge in [-0.05, 0) is 31.4 Å². The average molecular weight is 377 g/mol. The van der Waals surface area contributed by atoms with E-state index in [0.717, 1.165) is 16.7 Å². The predicted molar refractivity (Wildman–Crippen MR) is 110 cm³/mol. The normalized spacial score (nSPS) is 11.3. The number of carbonyl (C=O) groups excluding carboxylic acids is 1. The van der Waals surface area contributed by atoms with Gasteiger partial charge in [-0.1, -0.05) is 58.7 Å². The maximum atomic E-state index is 12.1. The summed E-state index contributed by atoms with van der Waals surface area (Å²) < 4.78 is 0. The lowest BCUT2D eigenvalue weighted by Crippen LogP contribution is -2.29. The van der Waals surface area contributed by atoms with Gasteiger partial charge in [-0.25, -0.2) is 0 Å². The third-order valence-corrected chi connectivity index (χ3v) is 3.84. The molecule has 2 aromatic carbocycles. The van der Waals surface area contributed by atoms with Gasteiger partial charge in [-0.15, -0.1) is 0 Å². The van der Waals surface area contributed by atoms with Gasteiger partial charge in [0, 0.05) is 23.7 Å². The van der Waals surface area contributed by atoms with Crippen molar-refractivity contribution in [2.24, 2.45) is 10.3 Å². The minimum absolute atomic E-state index is 0.166. The van der Waals surface area contributed by atoms with Gasteiger partial charge < -0.3 is 15.0 Å². The quantitative estimate of drug-likeness (QED) is 0.478. The van der Waals surface area contributed by atoms with Crippen molar-refractivity contribution in [3.63, 3.8) is 0 Å². The molecule has 0 saturated carbocycles. The number of aryl methyl sites for hydroxylation is 1. The van der Waals surface area contributed by atoms with E-state index in [4.69, 9.17) is 9.68 Å². The van der Waals surface area contributed by atoms with E-state index in [1.165, 1.54) is 14.2 Å². The zero-order valence-electron chi connectivity index (χ0n) is 16.4. The lowest BCUT2D eigenvalue weighted by molar-refractivity contribution is -0.114. The van der Waals surface area contributed by atoms with Crippen LogP contribution in [-0.4, -0.2) is 31.5 Å². The van der Waals surface area contributed by atoms with E-state index >= 15 is 0 Å². The van der Waals surface area contributed by atoms with Gasteiger partial charge in [0.1, 0.15) is 19.4 Å². The minimum Gasteiger partial charge on any atom is -0.398 e. The molecule has 2 aromatic rings. The highest BCUT2D eigenvalue weighted by molar-refractivity contribution is 6.45. The van der Waals surface area contributed by atoms with Gasteiger partial charge in [0.2, 0.25) is 0 Å². The van der Waals surface area contributed by atoms with Crippen LogP contribution >= 0.6 is 0 Å². The van der Waals surface area contributed by atoms with E-state index in [2.05, 4.69) is 27.5 Å². The summed E-state index contributed by atoms with van der Waals surface area (Å²) in [6, 6.07) is 15.2. The molecule has 1 amide bonds. The van der Waals surface area contributed by atoms with Crippen molar-refractivity contribution in [2.75, 3.05) is 14.2 Å². The van der Waals surface area contributed by atoms with Crippen LogP contribution in [0, 0.1) is 18.8 Å². The lowest BCUT2D eigenvalue weighted by atomic mass is 10.0. The van der Waals surface area contributed by atoms with Crippen molar-refractivity contribution < 1.29 is 14.5 Å². The number of carbonyl (C=O) groups is 1. The third-order valence-electron chi connectivity index (χ3n) is 3.84. The number of hydrogen-bond donors (Lipinski definition) is 1. The molecular formula is C22H23N3O3. The van der Waals surface area contributed by atoms with E-state index in [0.29, 0.717) is 11.3 Å². The minimum atomic E-state index is -0.349. The fourth-order valence-corrected chi connectivity index (χ4v) is 2.39. The topological polar surface area (TPSA) is 72.3 Å². The van der Waals surface area contributed by atoms with Gasteiger partial charge >= 0.3 is 0 Å². The first-order valence-corrected chi connectivity index (χ1v) is 8.72. The summed E-state index contributed by atoms with van der Waals surface area (Å²) in [5, 5.41) is 10.4. The maximum absolute atomic E-state index is 12.1. The van der Waals surface area contributed by atoms with Crippen molar-refractivity contribution in [2.45, 2.75) is 20.5 Å². The molecule has 0 spiro atoms.